The fraction of sp³-hybridized carbons (Fsp3) is 0.900. The molecule has 0 heterocycles. The van der Waals surface area contributed by atoms with Crippen molar-refractivity contribution >= 4 is 0 Å². The summed E-state index contributed by atoms with van der Waals surface area (Å²) in [4.78, 5) is 0. The maximum Gasteiger partial charge on any atom is 0.154 e. The molecule has 0 amide bonds. The van der Waals surface area contributed by atoms with Crippen LogP contribution in [0.1, 0.15) is 39.5 Å². The zero-order valence-corrected chi connectivity index (χ0v) is 8.55. The first-order valence-electron chi connectivity index (χ1n) is 4.90. The summed E-state index contributed by atoms with van der Waals surface area (Å²) in [6.07, 6.45) is 3.50. The second-order valence-corrected chi connectivity index (χ2v) is 3.14. The van der Waals surface area contributed by atoms with Crippen molar-refractivity contribution in [2.75, 3.05) is 13.2 Å². The van der Waals surface area contributed by atoms with E-state index in [4.69, 9.17) is 15.1 Å². The molecule has 0 saturated heterocycles. The van der Waals surface area contributed by atoms with Gasteiger partial charge in [0.05, 0.1) is 19.3 Å². The van der Waals surface area contributed by atoms with Gasteiger partial charge >= 0.3 is 0 Å². The minimum Gasteiger partial charge on any atom is -0.394 e. The van der Waals surface area contributed by atoms with Crippen LogP contribution in [0, 0.1) is 11.3 Å². The predicted molar refractivity (Wildman–Crippen MR) is 51.2 cm³/mol. The lowest BCUT2D eigenvalue weighted by Gasteiger charge is -2.24. The van der Waals surface area contributed by atoms with Gasteiger partial charge in [0.15, 0.2) is 5.60 Å². The molecule has 0 bridgehead atoms. The lowest BCUT2D eigenvalue weighted by molar-refractivity contribution is -0.0281. The average Bonchev–Trinajstić information content (AvgIpc) is 2.20. The molecule has 0 aromatic heterocycles. The monoisotopic (exact) mass is 185 g/mol. The van der Waals surface area contributed by atoms with Crippen LogP contribution in [0.5, 0.6) is 0 Å². The van der Waals surface area contributed by atoms with Gasteiger partial charge in [-0.3, -0.25) is 0 Å². The number of hydrogen-bond acceptors (Lipinski definition) is 3. The van der Waals surface area contributed by atoms with Crippen LogP contribution in [-0.2, 0) is 4.74 Å². The Balaban J connectivity index is 4.07. The third-order valence-corrected chi connectivity index (χ3v) is 2.18. The van der Waals surface area contributed by atoms with Gasteiger partial charge in [-0.1, -0.05) is 20.3 Å². The molecule has 3 nitrogen and oxygen atoms in total. The van der Waals surface area contributed by atoms with E-state index in [1.807, 2.05) is 6.92 Å². The number of nitrogens with zero attached hydrogens (tertiary/aromatic N) is 1. The Hall–Kier alpha value is -0.590. The number of nitriles is 1. The van der Waals surface area contributed by atoms with Gasteiger partial charge in [-0.15, -0.1) is 0 Å². The Morgan fingerprint density at radius 1 is 1.46 bits per heavy atom. The van der Waals surface area contributed by atoms with Gasteiger partial charge in [0.25, 0.3) is 0 Å². The number of rotatable bonds is 7. The fourth-order valence-electron chi connectivity index (χ4n) is 1.22. The molecule has 0 rings (SSSR count). The summed E-state index contributed by atoms with van der Waals surface area (Å²) in [5.74, 6) is 0. The van der Waals surface area contributed by atoms with Crippen LogP contribution in [0.15, 0.2) is 0 Å². The minimum absolute atomic E-state index is 0.0183. The van der Waals surface area contributed by atoms with Crippen LogP contribution in [0.25, 0.3) is 0 Å². The Morgan fingerprint density at radius 2 is 2.15 bits per heavy atom. The number of aliphatic hydroxyl groups is 1. The van der Waals surface area contributed by atoms with Crippen LogP contribution in [0.3, 0.4) is 0 Å². The summed E-state index contributed by atoms with van der Waals surface area (Å²) in [6.45, 7) is 4.26. The van der Waals surface area contributed by atoms with Crippen LogP contribution in [-0.4, -0.2) is 23.9 Å². The van der Waals surface area contributed by atoms with Crippen molar-refractivity contribution in [3.8, 4) is 6.07 Å². The Kier molecular flexibility index (Phi) is 6.56. The zero-order chi connectivity index (χ0) is 10.2. The molecular weight excluding hydrogens is 166 g/mol. The summed E-state index contributed by atoms with van der Waals surface area (Å²) < 4.78 is 5.37. The lowest BCUT2D eigenvalue weighted by atomic mass is 9.95. The molecule has 13 heavy (non-hydrogen) atoms. The topological polar surface area (TPSA) is 53.2 Å². The molecule has 0 aliphatic rings. The van der Waals surface area contributed by atoms with Gasteiger partial charge in [-0.25, -0.2) is 0 Å². The van der Waals surface area contributed by atoms with Gasteiger partial charge in [0, 0.05) is 0 Å². The summed E-state index contributed by atoms with van der Waals surface area (Å²) >= 11 is 0. The smallest absolute Gasteiger partial charge is 0.154 e. The van der Waals surface area contributed by atoms with E-state index in [0.717, 1.165) is 19.3 Å². The molecule has 1 atom stereocenters. The van der Waals surface area contributed by atoms with Gasteiger partial charge < -0.3 is 9.84 Å². The van der Waals surface area contributed by atoms with Crippen LogP contribution in [0.4, 0.5) is 0 Å². The molecule has 76 valence electrons. The zero-order valence-electron chi connectivity index (χ0n) is 8.55. The second kappa shape index (κ2) is 6.88. The van der Waals surface area contributed by atoms with E-state index in [9.17, 15) is 0 Å². The predicted octanol–water partition coefficient (Wildman–Crippen LogP) is 1.86. The minimum atomic E-state index is -0.668. The number of hydrogen-bond donors (Lipinski definition) is 1. The molecule has 0 aromatic rings. The third kappa shape index (κ3) is 4.25. The van der Waals surface area contributed by atoms with E-state index in [-0.39, 0.29) is 13.2 Å². The average molecular weight is 185 g/mol. The molecule has 3 heteroatoms. The standard InChI is InChI=1S/C10H19NO2/c1-3-5-6-10(4-2,9-11)13-8-7-12/h12H,3-8H2,1-2H3. The van der Waals surface area contributed by atoms with Crippen LogP contribution < -0.4 is 0 Å². The molecule has 0 aliphatic carbocycles. The van der Waals surface area contributed by atoms with Crippen molar-refractivity contribution < 1.29 is 9.84 Å². The van der Waals surface area contributed by atoms with E-state index < -0.39 is 5.60 Å². The lowest BCUT2D eigenvalue weighted by Crippen LogP contribution is -2.31. The number of ether oxygens (including phenoxy) is 1. The van der Waals surface area contributed by atoms with E-state index >= 15 is 0 Å². The number of unbranched alkanes of at least 4 members (excludes halogenated alkanes) is 1. The molecule has 0 radical (unpaired) electrons. The first kappa shape index (κ1) is 12.4. The Morgan fingerprint density at radius 3 is 2.54 bits per heavy atom. The molecule has 0 fully saturated rings. The van der Waals surface area contributed by atoms with Crippen LogP contribution in [0.2, 0.25) is 0 Å². The molecule has 0 aliphatic heterocycles. The van der Waals surface area contributed by atoms with Crippen molar-refractivity contribution in [2.24, 2.45) is 0 Å². The summed E-state index contributed by atoms with van der Waals surface area (Å²) in [6, 6.07) is 2.20. The normalized spacial score (nSPS) is 14.9. The second-order valence-electron chi connectivity index (χ2n) is 3.14. The van der Waals surface area contributed by atoms with Crippen molar-refractivity contribution in [2.45, 2.75) is 45.1 Å². The highest BCUT2D eigenvalue weighted by molar-refractivity contribution is 5.00. The molecule has 0 spiro atoms. The quantitative estimate of drug-likeness (QED) is 0.658. The largest absolute Gasteiger partial charge is 0.394 e. The van der Waals surface area contributed by atoms with Crippen molar-refractivity contribution in [3.05, 3.63) is 0 Å². The molecule has 1 N–H and O–H groups in total. The Bertz CT molecular complexity index is 155. The van der Waals surface area contributed by atoms with Gasteiger partial charge in [0.1, 0.15) is 0 Å². The van der Waals surface area contributed by atoms with Gasteiger partial charge in [-0.2, -0.15) is 5.26 Å². The summed E-state index contributed by atoms with van der Waals surface area (Å²) in [5.41, 5.74) is -0.668. The molecule has 1 unspecified atom stereocenters. The van der Waals surface area contributed by atoms with Crippen molar-refractivity contribution in [1.82, 2.24) is 0 Å². The highest BCUT2D eigenvalue weighted by Crippen LogP contribution is 2.22. The number of aliphatic hydroxyl groups excluding tert-OH is 1. The van der Waals surface area contributed by atoms with E-state index in [1.165, 1.54) is 0 Å². The van der Waals surface area contributed by atoms with Crippen molar-refractivity contribution in [3.63, 3.8) is 0 Å². The molecular formula is C10H19NO2. The summed E-state index contributed by atoms with van der Waals surface area (Å²) in [7, 11) is 0. The van der Waals surface area contributed by atoms with E-state index in [1.54, 1.807) is 0 Å². The molecule has 0 aromatic carbocycles. The maximum absolute atomic E-state index is 8.97. The highest BCUT2D eigenvalue weighted by Gasteiger charge is 2.27. The first-order chi connectivity index (χ1) is 6.24. The summed E-state index contributed by atoms with van der Waals surface area (Å²) in [5, 5.41) is 17.6. The molecule has 0 saturated carbocycles. The van der Waals surface area contributed by atoms with E-state index in [0.29, 0.717) is 6.42 Å². The van der Waals surface area contributed by atoms with Gasteiger partial charge in [-0.05, 0) is 19.3 Å². The Labute approximate surface area is 80.3 Å². The van der Waals surface area contributed by atoms with Gasteiger partial charge in [0.2, 0.25) is 0 Å². The SMILES string of the molecule is CCCCC(C#N)(CC)OCCO. The fourth-order valence-corrected chi connectivity index (χ4v) is 1.22. The maximum atomic E-state index is 8.97. The third-order valence-electron chi connectivity index (χ3n) is 2.18. The van der Waals surface area contributed by atoms with Crippen molar-refractivity contribution in [1.29, 1.82) is 5.26 Å². The first-order valence-corrected chi connectivity index (χ1v) is 4.90. The van der Waals surface area contributed by atoms with E-state index in [2.05, 4.69) is 13.0 Å². The highest BCUT2D eigenvalue weighted by atomic mass is 16.5. The van der Waals surface area contributed by atoms with Crippen LogP contribution >= 0.6 is 0 Å².